The minimum Gasteiger partial charge on any atom is -0.479 e. The van der Waals surface area contributed by atoms with Crippen LogP contribution in [0.1, 0.15) is 26.7 Å². The van der Waals surface area contributed by atoms with Gasteiger partial charge in [0.2, 0.25) is 5.91 Å². The second kappa shape index (κ2) is 8.08. The summed E-state index contributed by atoms with van der Waals surface area (Å²) in [5.41, 5.74) is 0. The molecule has 1 aliphatic rings. The number of nitrogens with one attached hydrogen (secondary N) is 1. The van der Waals surface area contributed by atoms with E-state index in [1.165, 1.54) is 0 Å². The van der Waals surface area contributed by atoms with E-state index in [0.29, 0.717) is 26.1 Å². The highest BCUT2D eigenvalue weighted by atomic mass is 16.7. The van der Waals surface area contributed by atoms with Crippen molar-refractivity contribution in [2.24, 2.45) is 0 Å². The second-order valence-electron chi connectivity index (χ2n) is 4.11. The van der Waals surface area contributed by atoms with Gasteiger partial charge in [-0.1, -0.05) is 0 Å². The highest BCUT2D eigenvalue weighted by Crippen LogP contribution is 2.19. The van der Waals surface area contributed by atoms with E-state index in [-0.39, 0.29) is 12.5 Å². The van der Waals surface area contributed by atoms with Crippen molar-refractivity contribution in [2.45, 2.75) is 45.2 Å². The summed E-state index contributed by atoms with van der Waals surface area (Å²) in [7, 11) is 0. The number of amides is 1. The first-order valence-corrected chi connectivity index (χ1v) is 6.47. The van der Waals surface area contributed by atoms with Gasteiger partial charge in [0.05, 0.1) is 6.54 Å². The highest BCUT2D eigenvalue weighted by molar-refractivity contribution is 5.82. The molecule has 0 aromatic rings. The molecule has 0 aromatic carbocycles. The maximum Gasteiger partial charge on any atom is 0.332 e. The summed E-state index contributed by atoms with van der Waals surface area (Å²) in [5, 5.41) is 11.4. The summed E-state index contributed by atoms with van der Waals surface area (Å²) in [4.78, 5) is 22.5. The lowest BCUT2D eigenvalue weighted by Crippen LogP contribution is -2.41. The first-order chi connectivity index (χ1) is 9.08. The molecule has 0 saturated carbocycles. The van der Waals surface area contributed by atoms with Crippen LogP contribution >= 0.6 is 0 Å². The Hall–Kier alpha value is -1.18. The second-order valence-corrected chi connectivity index (χ2v) is 4.11. The third-order valence-corrected chi connectivity index (χ3v) is 2.74. The van der Waals surface area contributed by atoms with Gasteiger partial charge in [0.15, 0.2) is 12.4 Å². The van der Waals surface area contributed by atoms with Gasteiger partial charge in [0.1, 0.15) is 6.10 Å². The molecule has 0 radical (unpaired) electrons. The third-order valence-electron chi connectivity index (χ3n) is 2.74. The summed E-state index contributed by atoms with van der Waals surface area (Å²) >= 11 is 0. The molecule has 1 rings (SSSR count). The van der Waals surface area contributed by atoms with E-state index in [4.69, 9.17) is 19.3 Å². The number of rotatable bonds is 8. The van der Waals surface area contributed by atoms with Gasteiger partial charge >= 0.3 is 5.97 Å². The van der Waals surface area contributed by atoms with Crippen molar-refractivity contribution in [1.82, 2.24) is 5.32 Å². The summed E-state index contributed by atoms with van der Waals surface area (Å²) in [5.74, 6) is -1.36. The van der Waals surface area contributed by atoms with Gasteiger partial charge in [-0.3, -0.25) is 4.79 Å². The summed E-state index contributed by atoms with van der Waals surface area (Å²) in [6.07, 6.45) is -1.31. The first-order valence-electron chi connectivity index (χ1n) is 6.47. The molecule has 1 fully saturated rings. The molecule has 110 valence electrons. The number of hydrogen-bond acceptors (Lipinski definition) is 5. The lowest BCUT2D eigenvalue weighted by atomic mass is 10.2. The molecule has 19 heavy (non-hydrogen) atoms. The largest absolute Gasteiger partial charge is 0.479 e. The van der Waals surface area contributed by atoms with Gasteiger partial charge in [0, 0.05) is 13.2 Å². The molecule has 1 aliphatic heterocycles. The van der Waals surface area contributed by atoms with Crippen molar-refractivity contribution in [3.05, 3.63) is 0 Å². The fraction of sp³-hybridized carbons (Fsp3) is 0.833. The molecule has 0 spiro atoms. The molecule has 0 aromatic heterocycles. The smallest absolute Gasteiger partial charge is 0.332 e. The van der Waals surface area contributed by atoms with Crippen molar-refractivity contribution in [3.63, 3.8) is 0 Å². The van der Waals surface area contributed by atoms with Crippen molar-refractivity contribution in [3.8, 4) is 0 Å². The Morgan fingerprint density at radius 3 is 2.32 bits per heavy atom. The zero-order chi connectivity index (χ0) is 14.3. The summed E-state index contributed by atoms with van der Waals surface area (Å²) < 4.78 is 15.7. The van der Waals surface area contributed by atoms with Crippen LogP contribution in [-0.2, 0) is 23.8 Å². The maximum absolute atomic E-state index is 11.8. The minimum absolute atomic E-state index is 0.220. The van der Waals surface area contributed by atoms with Crippen molar-refractivity contribution in [1.29, 1.82) is 0 Å². The summed E-state index contributed by atoms with van der Waals surface area (Å²) in [6.45, 7) is 4.87. The number of carbonyl (C=O) groups excluding carboxylic acids is 1. The predicted octanol–water partition coefficient (Wildman–Crippen LogP) is 0.134. The third kappa shape index (κ3) is 5.14. The van der Waals surface area contributed by atoms with Crippen LogP contribution in [-0.4, -0.2) is 55.2 Å². The molecule has 0 bridgehead atoms. The zero-order valence-corrected chi connectivity index (χ0v) is 11.3. The number of hydrogen-bond donors (Lipinski definition) is 2. The van der Waals surface area contributed by atoms with Crippen LogP contribution in [0.2, 0.25) is 0 Å². The predicted molar refractivity (Wildman–Crippen MR) is 65.6 cm³/mol. The number of carboxylic acid groups (broad SMARTS) is 1. The van der Waals surface area contributed by atoms with Gasteiger partial charge in [-0.05, 0) is 26.7 Å². The van der Waals surface area contributed by atoms with Gasteiger partial charge in [-0.15, -0.1) is 0 Å². The highest BCUT2D eigenvalue weighted by Gasteiger charge is 2.34. The van der Waals surface area contributed by atoms with Crippen LogP contribution in [0, 0.1) is 0 Å². The minimum atomic E-state index is -1.03. The SMILES string of the molecule is CCOC(CNC(=O)C1CCC(C(=O)O)O1)OCC. The van der Waals surface area contributed by atoms with Crippen molar-refractivity contribution >= 4 is 11.9 Å². The molecule has 0 aliphatic carbocycles. The number of ether oxygens (including phenoxy) is 3. The van der Waals surface area contributed by atoms with Crippen molar-refractivity contribution < 1.29 is 28.9 Å². The Labute approximate surface area is 112 Å². The van der Waals surface area contributed by atoms with Crippen LogP contribution in [0.15, 0.2) is 0 Å². The van der Waals surface area contributed by atoms with Gasteiger partial charge < -0.3 is 24.6 Å². The fourth-order valence-electron chi connectivity index (χ4n) is 1.85. The topological polar surface area (TPSA) is 94.1 Å². The van der Waals surface area contributed by atoms with E-state index in [2.05, 4.69) is 5.32 Å². The molecule has 1 saturated heterocycles. The number of carboxylic acids is 1. The van der Waals surface area contributed by atoms with E-state index in [1.54, 1.807) is 0 Å². The van der Waals surface area contributed by atoms with Gasteiger partial charge in [-0.25, -0.2) is 4.79 Å². The van der Waals surface area contributed by atoms with E-state index in [9.17, 15) is 9.59 Å². The van der Waals surface area contributed by atoms with Crippen LogP contribution in [0.5, 0.6) is 0 Å². The fourth-order valence-corrected chi connectivity index (χ4v) is 1.85. The Morgan fingerprint density at radius 1 is 1.26 bits per heavy atom. The standard InChI is InChI=1S/C12H21NO6/c1-3-17-10(18-4-2)7-13-11(14)8-5-6-9(19-8)12(15)16/h8-10H,3-7H2,1-2H3,(H,13,14)(H,15,16). The van der Waals surface area contributed by atoms with Gasteiger partial charge in [-0.2, -0.15) is 0 Å². The molecule has 1 amide bonds. The van der Waals surface area contributed by atoms with E-state index in [0.717, 1.165) is 0 Å². The van der Waals surface area contributed by atoms with Crippen LogP contribution in [0.3, 0.4) is 0 Å². The average molecular weight is 275 g/mol. The number of carbonyl (C=O) groups is 2. The van der Waals surface area contributed by atoms with Gasteiger partial charge in [0.25, 0.3) is 0 Å². The molecule has 7 nitrogen and oxygen atoms in total. The Balaban J connectivity index is 2.32. The molecule has 2 unspecified atom stereocenters. The van der Waals surface area contributed by atoms with Crippen LogP contribution in [0.25, 0.3) is 0 Å². The lowest BCUT2D eigenvalue weighted by Gasteiger charge is -2.18. The van der Waals surface area contributed by atoms with Crippen molar-refractivity contribution in [2.75, 3.05) is 19.8 Å². The van der Waals surface area contributed by atoms with Crippen LogP contribution in [0.4, 0.5) is 0 Å². The number of aliphatic carboxylic acids is 1. The van der Waals surface area contributed by atoms with E-state index >= 15 is 0 Å². The normalized spacial score (nSPS) is 22.7. The Bertz CT molecular complexity index is 303. The molecule has 1 heterocycles. The molecule has 2 atom stereocenters. The average Bonchev–Trinajstić information content (AvgIpc) is 2.86. The Kier molecular flexibility index (Phi) is 6.75. The monoisotopic (exact) mass is 275 g/mol. The zero-order valence-electron chi connectivity index (χ0n) is 11.3. The first kappa shape index (κ1) is 15.9. The molecular formula is C12H21NO6. The Morgan fingerprint density at radius 2 is 1.84 bits per heavy atom. The van der Waals surface area contributed by atoms with Crippen LogP contribution < -0.4 is 5.32 Å². The van der Waals surface area contributed by atoms with E-state index in [1.807, 2.05) is 13.8 Å². The lowest BCUT2D eigenvalue weighted by molar-refractivity contribution is -0.154. The molecular weight excluding hydrogens is 254 g/mol. The maximum atomic E-state index is 11.8. The summed E-state index contributed by atoms with van der Waals surface area (Å²) in [6, 6.07) is 0. The quantitative estimate of drug-likeness (QED) is 0.612. The molecule has 2 N–H and O–H groups in total. The van der Waals surface area contributed by atoms with E-state index < -0.39 is 24.5 Å². The molecule has 7 heteroatoms.